The van der Waals surface area contributed by atoms with Crippen molar-refractivity contribution in [3.63, 3.8) is 0 Å². The largest absolute Gasteiger partial charge is 0.497 e. The van der Waals surface area contributed by atoms with E-state index in [0.717, 1.165) is 0 Å². The molecule has 0 unspecified atom stereocenters. The topological polar surface area (TPSA) is 56.8 Å². The number of halogens is 1. The van der Waals surface area contributed by atoms with Gasteiger partial charge in [0.1, 0.15) is 5.82 Å². The number of benzene rings is 1. The van der Waals surface area contributed by atoms with Gasteiger partial charge in [-0.25, -0.2) is 4.39 Å². The van der Waals surface area contributed by atoms with E-state index in [-0.39, 0.29) is 11.8 Å². The molecule has 1 N–H and O–H groups in total. The van der Waals surface area contributed by atoms with Crippen molar-refractivity contribution in [1.29, 1.82) is 0 Å². The molecule has 0 spiro atoms. The molecule has 136 valence electrons. The summed E-state index contributed by atoms with van der Waals surface area (Å²) in [7, 11) is -0.759. The average molecular weight is 349 g/mol. The van der Waals surface area contributed by atoms with E-state index in [2.05, 4.69) is 5.32 Å². The van der Waals surface area contributed by atoms with Crippen LogP contribution in [-0.2, 0) is 18.8 Å². The summed E-state index contributed by atoms with van der Waals surface area (Å²) in [6.45, 7) is 8.88. The maximum absolute atomic E-state index is 14.6. The molecule has 2 fully saturated rings. The average Bonchev–Trinajstić information content (AvgIpc) is 2.76. The molecule has 2 saturated heterocycles. The van der Waals surface area contributed by atoms with Crippen molar-refractivity contribution in [3.05, 3.63) is 24.0 Å². The van der Waals surface area contributed by atoms with Gasteiger partial charge in [-0.1, -0.05) is 6.07 Å². The molecule has 25 heavy (non-hydrogen) atoms. The van der Waals surface area contributed by atoms with E-state index < -0.39 is 24.1 Å². The minimum atomic E-state index is -0.759. The Labute approximate surface area is 148 Å². The zero-order valence-corrected chi connectivity index (χ0v) is 15.2. The first-order chi connectivity index (χ1) is 11.7. The number of carbonyl (C=O) groups is 1. The van der Waals surface area contributed by atoms with Gasteiger partial charge in [-0.3, -0.25) is 4.79 Å². The van der Waals surface area contributed by atoms with Crippen LogP contribution in [0.2, 0.25) is 0 Å². The molecule has 0 aliphatic carbocycles. The third kappa shape index (κ3) is 3.73. The summed E-state index contributed by atoms with van der Waals surface area (Å²) in [6, 6.07) is 4.61. The van der Waals surface area contributed by atoms with Gasteiger partial charge >= 0.3 is 7.12 Å². The lowest BCUT2D eigenvalue weighted by atomic mass is 9.78. The van der Waals surface area contributed by atoms with Crippen LogP contribution in [-0.4, -0.2) is 37.4 Å². The van der Waals surface area contributed by atoms with Gasteiger partial charge in [-0.2, -0.15) is 0 Å². The summed E-state index contributed by atoms with van der Waals surface area (Å²) < 4.78 is 31.6. The van der Waals surface area contributed by atoms with Gasteiger partial charge in [0.15, 0.2) is 0 Å². The number of rotatable bonds is 3. The van der Waals surface area contributed by atoms with Crippen molar-refractivity contribution in [2.24, 2.45) is 5.92 Å². The molecule has 1 amide bonds. The Bertz CT molecular complexity index is 642. The molecule has 0 saturated carbocycles. The Morgan fingerprint density at radius 1 is 1.16 bits per heavy atom. The van der Waals surface area contributed by atoms with Crippen LogP contribution in [0.25, 0.3) is 0 Å². The van der Waals surface area contributed by atoms with E-state index in [1.165, 1.54) is 6.07 Å². The van der Waals surface area contributed by atoms with Crippen LogP contribution in [0.4, 0.5) is 10.1 Å². The van der Waals surface area contributed by atoms with Crippen molar-refractivity contribution >= 4 is 24.2 Å². The Morgan fingerprint density at radius 3 is 2.32 bits per heavy atom. The van der Waals surface area contributed by atoms with E-state index in [1.807, 2.05) is 27.7 Å². The van der Waals surface area contributed by atoms with Gasteiger partial charge in [0.05, 0.1) is 11.2 Å². The minimum absolute atomic E-state index is 0.0837. The summed E-state index contributed by atoms with van der Waals surface area (Å²) in [5.74, 6) is -0.631. The van der Waals surface area contributed by atoms with Gasteiger partial charge in [0.25, 0.3) is 0 Å². The molecular formula is C18H25BFNO4. The molecule has 1 aromatic rings. The number of anilines is 1. The highest BCUT2D eigenvalue weighted by Crippen LogP contribution is 2.36. The van der Waals surface area contributed by atoms with Gasteiger partial charge in [0.2, 0.25) is 5.91 Å². The molecule has 0 aromatic heterocycles. The zero-order valence-electron chi connectivity index (χ0n) is 15.2. The third-order valence-electron chi connectivity index (χ3n) is 5.37. The van der Waals surface area contributed by atoms with Crippen LogP contribution in [0.3, 0.4) is 0 Å². The molecule has 2 heterocycles. The molecule has 0 bridgehead atoms. The van der Waals surface area contributed by atoms with Gasteiger partial charge in [-0.05, 0) is 52.7 Å². The highest BCUT2D eigenvalue weighted by molar-refractivity contribution is 6.62. The normalized spacial score (nSPS) is 22.8. The first kappa shape index (κ1) is 18.4. The van der Waals surface area contributed by atoms with Crippen molar-refractivity contribution in [1.82, 2.24) is 0 Å². The predicted molar refractivity (Wildman–Crippen MR) is 94.3 cm³/mol. The summed E-state index contributed by atoms with van der Waals surface area (Å²) in [6.07, 6.45) is 1.39. The Hall–Kier alpha value is -1.44. The van der Waals surface area contributed by atoms with Crippen LogP contribution < -0.4 is 10.8 Å². The van der Waals surface area contributed by atoms with Crippen LogP contribution in [0.5, 0.6) is 0 Å². The second-order valence-corrected chi connectivity index (χ2v) is 7.70. The fourth-order valence-corrected chi connectivity index (χ4v) is 2.97. The Kier molecular flexibility index (Phi) is 4.92. The van der Waals surface area contributed by atoms with Crippen LogP contribution >= 0.6 is 0 Å². The van der Waals surface area contributed by atoms with Crippen LogP contribution in [0.1, 0.15) is 40.5 Å². The van der Waals surface area contributed by atoms with Crippen molar-refractivity contribution in [2.45, 2.75) is 51.7 Å². The van der Waals surface area contributed by atoms with Crippen molar-refractivity contribution < 1.29 is 23.2 Å². The predicted octanol–water partition coefficient (Wildman–Crippen LogP) is 2.49. The van der Waals surface area contributed by atoms with E-state index in [1.54, 1.807) is 12.1 Å². The molecule has 3 rings (SSSR count). The monoisotopic (exact) mass is 349 g/mol. The number of amides is 1. The van der Waals surface area contributed by atoms with E-state index in [4.69, 9.17) is 14.0 Å². The molecule has 7 heteroatoms. The van der Waals surface area contributed by atoms with Gasteiger partial charge < -0.3 is 19.4 Å². The van der Waals surface area contributed by atoms with E-state index >= 15 is 0 Å². The summed E-state index contributed by atoms with van der Waals surface area (Å²) in [5.41, 5.74) is -0.280. The Morgan fingerprint density at radius 2 is 1.76 bits per heavy atom. The highest BCUT2D eigenvalue weighted by atomic mass is 19.1. The summed E-state index contributed by atoms with van der Waals surface area (Å²) in [5, 5.41) is 2.79. The smallest absolute Gasteiger partial charge is 0.399 e. The molecule has 0 radical (unpaired) electrons. The maximum atomic E-state index is 14.6. The number of carbonyl (C=O) groups excluding carboxylic acids is 1. The van der Waals surface area contributed by atoms with Crippen molar-refractivity contribution in [2.75, 3.05) is 18.5 Å². The third-order valence-corrected chi connectivity index (χ3v) is 5.37. The SMILES string of the molecule is CC1(C)OB(c2ccc(NC(=O)C3CCOCC3)cc2F)OC1(C)C. The number of nitrogens with one attached hydrogen (secondary N) is 1. The second-order valence-electron chi connectivity index (χ2n) is 7.70. The lowest BCUT2D eigenvalue weighted by molar-refractivity contribution is -0.122. The fourth-order valence-electron chi connectivity index (χ4n) is 2.97. The zero-order chi connectivity index (χ0) is 18.2. The number of hydrogen-bond donors (Lipinski definition) is 1. The lowest BCUT2D eigenvalue weighted by Crippen LogP contribution is -2.41. The standard InChI is InChI=1S/C18H25BFNO4/c1-17(2)18(3,4)25-19(24-17)14-6-5-13(11-15(14)20)21-16(22)12-7-9-23-10-8-12/h5-6,11-12H,7-10H2,1-4H3,(H,21,22). The summed E-state index contributed by atoms with van der Waals surface area (Å²) in [4.78, 5) is 12.3. The van der Waals surface area contributed by atoms with Gasteiger partial charge in [0, 0.05) is 30.3 Å². The highest BCUT2D eigenvalue weighted by Gasteiger charge is 2.52. The van der Waals surface area contributed by atoms with E-state index in [9.17, 15) is 9.18 Å². The lowest BCUT2D eigenvalue weighted by Gasteiger charge is -2.32. The molecule has 5 nitrogen and oxygen atoms in total. The number of hydrogen-bond acceptors (Lipinski definition) is 4. The number of ether oxygens (including phenoxy) is 1. The van der Waals surface area contributed by atoms with E-state index in [0.29, 0.717) is 37.2 Å². The molecule has 0 atom stereocenters. The molecule has 2 aliphatic rings. The first-order valence-corrected chi connectivity index (χ1v) is 8.73. The molecule has 1 aromatic carbocycles. The van der Waals surface area contributed by atoms with Crippen molar-refractivity contribution in [3.8, 4) is 0 Å². The first-order valence-electron chi connectivity index (χ1n) is 8.73. The van der Waals surface area contributed by atoms with Crippen LogP contribution in [0.15, 0.2) is 18.2 Å². The molecular weight excluding hydrogens is 324 g/mol. The summed E-state index contributed by atoms with van der Waals surface area (Å²) >= 11 is 0. The molecule has 2 aliphatic heterocycles. The fraction of sp³-hybridized carbons (Fsp3) is 0.611. The van der Waals surface area contributed by atoms with Crippen LogP contribution in [0, 0.1) is 11.7 Å². The Balaban J connectivity index is 1.70. The minimum Gasteiger partial charge on any atom is -0.399 e. The maximum Gasteiger partial charge on any atom is 0.497 e. The second kappa shape index (κ2) is 6.70. The quantitative estimate of drug-likeness (QED) is 0.852. The van der Waals surface area contributed by atoms with Gasteiger partial charge in [-0.15, -0.1) is 0 Å².